The van der Waals surface area contributed by atoms with Gasteiger partial charge in [-0.2, -0.15) is 4.98 Å². The summed E-state index contributed by atoms with van der Waals surface area (Å²) >= 11 is 0. The molecule has 1 N–H and O–H groups in total. The molecule has 2 heterocycles. The maximum Gasteiger partial charge on any atom is 0.227 e. The Hall–Kier alpha value is -2.90. The highest BCUT2D eigenvalue weighted by molar-refractivity contribution is 5.83. The van der Waals surface area contributed by atoms with Gasteiger partial charge in [0.1, 0.15) is 11.9 Å². The third kappa shape index (κ3) is 4.93. The number of ether oxygens (including phenoxy) is 1. The minimum Gasteiger partial charge on any atom is -0.489 e. The Labute approximate surface area is 170 Å². The molecule has 156 valence electrons. The van der Waals surface area contributed by atoms with Crippen molar-refractivity contribution in [2.45, 2.75) is 32.3 Å². The Morgan fingerprint density at radius 1 is 1.38 bits per heavy atom. The Bertz CT molecular complexity index is 843. The van der Waals surface area contributed by atoms with Gasteiger partial charge in [-0.15, -0.1) is 0 Å². The van der Waals surface area contributed by atoms with Crippen LogP contribution in [0.1, 0.15) is 31.7 Å². The van der Waals surface area contributed by atoms with E-state index in [4.69, 9.17) is 4.74 Å². The molecule has 1 aromatic heterocycles. The van der Waals surface area contributed by atoms with Crippen LogP contribution in [0.3, 0.4) is 0 Å². The summed E-state index contributed by atoms with van der Waals surface area (Å²) in [6.07, 6.45) is 1.93. The molecule has 0 radical (unpaired) electrons. The molecule has 1 saturated heterocycles. The lowest BCUT2D eigenvalue weighted by molar-refractivity contribution is -0.122. The molecule has 1 unspecified atom stereocenters. The van der Waals surface area contributed by atoms with Crippen molar-refractivity contribution < 1.29 is 13.9 Å². The van der Waals surface area contributed by atoms with Gasteiger partial charge in [-0.05, 0) is 31.5 Å². The number of aromatic nitrogens is 2. The van der Waals surface area contributed by atoms with Crippen LogP contribution in [0.25, 0.3) is 0 Å². The van der Waals surface area contributed by atoms with E-state index in [1.54, 1.807) is 4.90 Å². The molecule has 0 saturated carbocycles. The van der Waals surface area contributed by atoms with Gasteiger partial charge in [-0.25, -0.2) is 9.37 Å². The van der Waals surface area contributed by atoms with Crippen LogP contribution < -0.4 is 19.9 Å². The number of hydrogen-bond acceptors (Lipinski definition) is 6. The van der Waals surface area contributed by atoms with E-state index < -0.39 is 5.82 Å². The summed E-state index contributed by atoms with van der Waals surface area (Å²) in [6.45, 7) is 5.62. The first-order chi connectivity index (χ1) is 13.9. The van der Waals surface area contributed by atoms with Crippen molar-refractivity contribution >= 4 is 17.7 Å². The summed E-state index contributed by atoms with van der Waals surface area (Å²) in [7, 11) is 3.65. The summed E-state index contributed by atoms with van der Waals surface area (Å²) < 4.78 is 20.3. The van der Waals surface area contributed by atoms with Gasteiger partial charge in [-0.3, -0.25) is 4.79 Å². The Morgan fingerprint density at radius 3 is 2.76 bits per heavy atom. The van der Waals surface area contributed by atoms with Crippen LogP contribution in [0.15, 0.2) is 30.5 Å². The lowest BCUT2D eigenvalue weighted by atomic mass is 10.0. The standard InChI is InChI=1S/C21H28FN5O2/c1-5-23-20(28)14(2)15-6-8-16(9-7-15)29-17-10-11-27(13-17)19-18(22)12-24-21(25-19)26(3)4/h6-9,12,14,17H,5,10-11,13H2,1-4H3,(H,23,28)/t14?,17-/m1/s1. The van der Waals surface area contributed by atoms with Crippen LogP contribution in [0.2, 0.25) is 0 Å². The summed E-state index contributed by atoms with van der Waals surface area (Å²) in [5.41, 5.74) is 0.940. The van der Waals surface area contributed by atoms with Gasteiger partial charge in [-0.1, -0.05) is 12.1 Å². The molecular weight excluding hydrogens is 373 g/mol. The number of nitrogens with zero attached hydrogens (tertiary/aromatic N) is 4. The van der Waals surface area contributed by atoms with E-state index in [0.717, 1.165) is 17.7 Å². The van der Waals surface area contributed by atoms with Crippen molar-refractivity contribution in [3.8, 4) is 5.75 Å². The second-order valence-corrected chi connectivity index (χ2v) is 7.40. The van der Waals surface area contributed by atoms with E-state index in [1.165, 1.54) is 6.20 Å². The molecule has 1 aliphatic heterocycles. The Kier molecular flexibility index (Phi) is 6.51. The van der Waals surface area contributed by atoms with E-state index in [0.29, 0.717) is 31.4 Å². The number of anilines is 2. The quantitative estimate of drug-likeness (QED) is 0.769. The number of benzene rings is 1. The van der Waals surface area contributed by atoms with Crippen molar-refractivity contribution in [2.24, 2.45) is 0 Å². The summed E-state index contributed by atoms with van der Waals surface area (Å²) in [5.74, 6) is 0.887. The Morgan fingerprint density at radius 2 is 2.10 bits per heavy atom. The summed E-state index contributed by atoms with van der Waals surface area (Å²) in [5, 5.41) is 2.83. The van der Waals surface area contributed by atoms with Gasteiger partial charge in [0, 0.05) is 33.6 Å². The van der Waals surface area contributed by atoms with Crippen LogP contribution in [0.5, 0.6) is 5.75 Å². The highest BCUT2D eigenvalue weighted by Crippen LogP contribution is 2.26. The van der Waals surface area contributed by atoms with Crippen LogP contribution in [-0.2, 0) is 4.79 Å². The van der Waals surface area contributed by atoms with Crippen LogP contribution in [0.4, 0.5) is 16.2 Å². The molecule has 1 fully saturated rings. The minimum absolute atomic E-state index is 0.0107. The SMILES string of the molecule is CCNC(=O)C(C)c1ccc(O[C@@H]2CCN(c3nc(N(C)C)ncc3F)C2)cc1. The molecule has 0 bridgehead atoms. The lowest BCUT2D eigenvalue weighted by Gasteiger charge is -2.20. The summed E-state index contributed by atoms with van der Waals surface area (Å²) in [6, 6.07) is 7.58. The first-order valence-corrected chi connectivity index (χ1v) is 9.88. The molecule has 2 aromatic rings. The number of nitrogens with one attached hydrogen (secondary N) is 1. The number of likely N-dealkylation sites (N-methyl/N-ethyl adjacent to an activating group) is 1. The monoisotopic (exact) mass is 401 g/mol. The average Bonchev–Trinajstić information content (AvgIpc) is 3.16. The zero-order valence-electron chi connectivity index (χ0n) is 17.4. The van der Waals surface area contributed by atoms with Crippen molar-refractivity contribution in [1.29, 1.82) is 0 Å². The highest BCUT2D eigenvalue weighted by atomic mass is 19.1. The van der Waals surface area contributed by atoms with Gasteiger partial charge in [0.05, 0.1) is 18.7 Å². The van der Waals surface area contributed by atoms with Crippen LogP contribution in [-0.4, -0.2) is 55.7 Å². The van der Waals surface area contributed by atoms with Gasteiger partial charge < -0.3 is 19.9 Å². The molecular formula is C21H28FN5O2. The smallest absolute Gasteiger partial charge is 0.227 e. The van der Waals surface area contributed by atoms with E-state index in [2.05, 4.69) is 15.3 Å². The zero-order chi connectivity index (χ0) is 21.0. The lowest BCUT2D eigenvalue weighted by Crippen LogP contribution is -2.27. The van der Waals surface area contributed by atoms with Gasteiger partial charge >= 0.3 is 0 Å². The van der Waals surface area contributed by atoms with Crippen molar-refractivity contribution in [1.82, 2.24) is 15.3 Å². The molecule has 2 atom stereocenters. The first kappa shape index (κ1) is 20.8. The fraction of sp³-hybridized carbons (Fsp3) is 0.476. The molecule has 1 aliphatic rings. The topological polar surface area (TPSA) is 70.6 Å². The zero-order valence-corrected chi connectivity index (χ0v) is 17.4. The number of hydrogen-bond donors (Lipinski definition) is 1. The third-order valence-electron chi connectivity index (χ3n) is 4.98. The molecule has 8 heteroatoms. The maximum absolute atomic E-state index is 14.2. The third-order valence-corrected chi connectivity index (χ3v) is 4.98. The molecule has 29 heavy (non-hydrogen) atoms. The van der Waals surface area contributed by atoms with Crippen LogP contribution in [0, 0.1) is 5.82 Å². The number of carbonyl (C=O) groups is 1. The Balaban J connectivity index is 1.62. The van der Waals surface area contributed by atoms with E-state index >= 15 is 0 Å². The largest absolute Gasteiger partial charge is 0.489 e. The molecule has 0 spiro atoms. The molecule has 1 amide bonds. The van der Waals surface area contributed by atoms with Gasteiger partial charge in [0.25, 0.3) is 0 Å². The van der Waals surface area contributed by atoms with Crippen LogP contribution >= 0.6 is 0 Å². The van der Waals surface area contributed by atoms with E-state index in [-0.39, 0.29) is 17.9 Å². The molecule has 7 nitrogen and oxygen atoms in total. The minimum atomic E-state index is -0.431. The molecule has 3 rings (SSSR count). The van der Waals surface area contributed by atoms with Crippen molar-refractivity contribution in [3.05, 3.63) is 41.8 Å². The predicted molar refractivity (Wildman–Crippen MR) is 111 cm³/mol. The average molecular weight is 401 g/mol. The normalized spacial score (nSPS) is 17.1. The molecule has 0 aliphatic carbocycles. The first-order valence-electron chi connectivity index (χ1n) is 9.88. The van der Waals surface area contributed by atoms with E-state index in [1.807, 2.05) is 57.1 Å². The van der Waals surface area contributed by atoms with Crippen molar-refractivity contribution in [2.75, 3.05) is 43.5 Å². The predicted octanol–water partition coefficient (Wildman–Crippen LogP) is 2.58. The fourth-order valence-corrected chi connectivity index (χ4v) is 3.31. The number of carbonyl (C=O) groups excluding carboxylic acids is 1. The second-order valence-electron chi connectivity index (χ2n) is 7.40. The second kappa shape index (κ2) is 9.07. The van der Waals surface area contributed by atoms with Crippen molar-refractivity contribution in [3.63, 3.8) is 0 Å². The van der Waals surface area contributed by atoms with Gasteiger partial charge in [0.15, 0.2) is 11.6 Å². The molecule has 1 aromatic carbocycles. The maximum atomic E-state index is 14.2. The number of rotatable bonds is 7. The number of amides is 1. The highest BCUT2D eigenvalue weighted by Gasteiger charge is 2.27. The summed E-state index contributed by atoms with van der Waals surface area (Å²) in [4.78, 5) is 23.9. The van der Waals surface area contributed by atoms with E-state index in [9.17, 15) is 9.18 Å². The fourth-order valence-electron chi connectivity index (χ4n) is 3.31. The number of halogens is 1. The van der Waals surface area contributed by atoms with Gasteiger partial charge in [0.2, 0.25) is 11.9 Å².